The van der Waals surface area contributed by atoms with Gasteiger partial charge in [-0.25, -0.2) is 9.07 Å². The van der Waals surface area contributed by atoms with Crippen molar-refractivity contribution in [1.29, 1.82) is 0 Å². The van der Waals surface area contributed by atoms with Gasteiger partial charge < -0.3 is 10.1 Å². The molecular weight excluding hydrogens is 339 g/mol. The monoisotopic (exact) mass is 356 g/mol. The van der Waals surface area contributed by atoms with E-state index in [9.17, 15) is 4.39 Å². The van der Waals surface area contributed by atoms with Gasteiger partial charge in [-0.2, -0.15) is 0 Å². The van der Waals surface area contributed by atoms with Crippen LogP contribution < -0.4 is 10.1 Å². The molecule has 0 aliphatic heterocycles. The van der Waals surface area contributed by atoms with Gasteiger partial charge >= 0.3 is 0 Å². The summed E-state index contributed by atoms with van der Waals surface area (Å²) in [7, 11) is 0. The summed E-state index contributed by atoms with van der Waals surface area (Å²) < 4.78 is 20.8. The summed E-state index contributed by atoms with van der Waals surface area (Å²) in [6.07, 6.45) is 2.99. The highest BCUT2D eigenvalue weighted by Gasteiger charge is 2.03. The van der Waals surface area contributed by atoms with E-state index in [0.29, 0.717) is 23.4 Å². The number of hydrogen-bond acceptors (Lipinski definition) is 4. The standard InChI is InChI=1S/C14H18BrFN4O/c1-2-5-17-9-11-10-20(19-18-11)6-7-21-12-3-4-14(16)13(15)8-12/h3-4,8,10,17H,2,5-7,9H2,1H3. The smallest absolute Gasteiger partial charge is 0.137 e. The minimum Gasteiger partial charge on any atom is -0.492 e. The van der Waals surface area contributed by atoms with E-state index < -0.39 is 0 Å². The van der Waals surface area contributed by atoms with Crippen LogP contribution in [0, 0.1) is 5.82 Å². The second-order valence-electron chi connectivity index (χ2n) is 4.57. The van der Waals surface area contributed by atoms with Gasteiger partial charge in [0.25, 0.3) is 0 Å². The maximum absolute atomic E-state index is 13.1. The van der Waals surface area contributed by atoms with Gasteiger partial charge in [-0.1, -0.05) is 12.1 Å². The van der Waals surface area contributed by atoms with Crippen molar-refractivity contribution in [2.24, 2.45) is 0 Å². The summed E-state index contributed by atoms with van der Waals surface area (Å²) in [6, 6.07) is 4.57. The lowest BCUT2D eigenvalue weighted by Crippen LogP contribution is -2.14. The van der Waals surface area contributed by atoms with Crippen molar-refractivity contribution >= 4 is 15.9 Å². The second-order valence-corrected chi connectivity index (χ2v) is 5.43. The zero-order chi connectivity index (χ0) is 15.1. The number of rotatable bonds is 8. The Morgan fingerprint density at radius 1 is 1.43 bits per heavy atom. The van der Waals surface area contributed by atoms with Crippen LogP contribution in [0.3, 0.4) is 0 Å². The Labute approximate surface area is 131 Å². The molecule has 1 N–H and O–H groups in total. The van der Waals surface area contributed by atoms with E-state index >= 15 is 0 Å². The molecule has 0 amide bonds. The van der Waals surface area contributed by atoms with E-state index in [-0.39, 0.29) is 5.82 Å². The first-order chi connectivity index (χ1) is 10.2. The topological polar surface area (TPSA) is 52.0 Å². The Hall–Kier alpha value is -1.47. The molecule has 0 saturated heterocycles. The summed E-state index contributed by atoms with van der Waals surface area (Å²) in [5, 5.41) is 11.4. The average molecular weight is 357 g/mol. The molecule has 0 bridgehead atoms. The van der Waals surface area contributed by atoms with Crippen molar-refractivity contribution in [3.63, 3.8) is 0 Å². The lowest BCUT2D eigenvalue weighted by atomic mass is 10.3. The van der Waals surface area contributed by atoms with Crippen molar-refractivity contribution < 1.29 is 9.13 Å². The van der Waals surface area contributed by atoms with Gasteiger partial charge in [-0.15, -0.1) is 5.10 Å². The van der Waals surface area contributed by atoms with Gasteiger partial charge in [0.05, 0.1) is 16.7 Å². The number of nitrogens with one attached hydrogen (secondary N) is 1. The van der Waals surface area contributed by atoms with Gasteiger partial charge in [-0.05, 0) is 47.1 Å². The van der Waals surface area contributed by atoms with Gasteiger partial charge in [0, 0.05) is 12.7 Å². The predicted molar refractivity (Wildman–Crippen MR) is 81.6 cm³/mol. The number of benzene rings is 1. The molecule has 2 aromatic rings. The zero-order valence-electron chi connectivity index (χ0n) is 11.9. The van der Waals surface area contributed by atoms with Crippen LogP contribution in [-0.2, 0) is 13.1 Å². The highest BCUT2D eigenvalue weighted by molar-refractivity contribution is 9.10. The van der Waals surface area contributed by atoms with E-state index in [0.717, 1.165) is 25.2 Å². The Morgan fingerprint density at radius 2 is 2.29 bits per heavy atom. The third-order valence-corrected chi connectivity index (χ3v) is 3.41. The molecule has 5 nitrogen and oxygen atoms in total. The Balaban J connectivity index is 1.76. The first-order valence-electron chi connectivity index (χ1n) is 6.86. The van der Waals surface area contributed by atoms with Crippen molar-refractivity contribution in [3.05, 3.63) is 40.4 Å². The van der Waals surface area contributed by atoms with Gasteiger partial charge in [-0.3, -0.25) is 0 Å². The molecule has 0 fully saturated rings. The number of halogens is 2. The Morgan fingerprint density at radius 3 is 3.05 bits per heavy atom. The molecule has 21 heavy (non-hydrogen) atoms. The third-order valence-electron chi connectivity index (χ3n) is 2.80. The molecule has 0 radical (unpaired) electrons. The second kappa shape index (κ2) is 8.09. The molecule has 1 aromatic heterocycles. The lowest BCUT2D eigenvalue weighted by Gasteiger charge is -2.06. The zero-order valence-corrected chi connectivity index (χ0v) is 13.4. The first kappa shape index (κ1) is 15.9. The number of nitrogens with zero attached hydrogens (tertiary/aromatic N) is 3. The van der Waals surface area contributed by atoms with Crippen LogP contribution in [0.5, 0.6) is 5.75 Å². The first-order valence-corrected chi connectivity index (χ1v) is 7.66. The largest absolute Gasteiger partial charge is 0.492 e. The van der Waals surface area contributed by atoms with Crippen LogP contribution in [0.15, 0.2) is 28.9 Å². The Kier molecular flexibility index (Phi) is 6.13. The molecule has 1 heterocycles. The predicted octanol–water partition coefficient (Wildman–Crippen LogP) is 2.76. The van der Waals surface area contributed by atoms with E-state index in [2.05, 4.69) is 38.5 Å². The van der Waals surface area contributed by atoms with Crippen LogP contribution in [0.2, 0.25) is 0 Å². The van der Waals surface area contributed by atoms with Crippen LogP contribution in [0.25, 0.3) is 0 Å². The van der Waals surface area contributed by atoms with Crippen molar-refractivity contribution in [2.45, 2.75) is 26.4 Å². The molecule has 0 atom stereocenters. The van der Waals surface area contributed by atoms with E-state index in [4.69, 9.17) is 4.74 Å². The normalized spacial score (nSPS) is 10.8. The molecule has 0 aliphatic rings. The number of hydrogen-bond donors (Lipinski definition) is 1. The fraction of sp³-hybridized carbons (Fsp3) is 0.429. The van der Waals surface area contributed by atoms with Gasteiger partial charge in [0.1, 0.15) is 18.2 Å². The summed E-state index contributed by atoms with van der Waals surface area (Å²) in [5.74, 6) is 0.316. The van der Waals surface area contributed by atoms with Crippen molar-refractivity contribution in [1.82, 2.24) is 20.3 Å². The number of aromatic nitrogens is 3. The molecule has 1 aromatic carbocycles. The van der Waals surface area contributed by atoms with Crippen LogP contribution >= 0.6 is 15.9 Å². The molecular formula is C14H18BrFN4O. The summed E-state index contributed by atoms with van der Waals surface area (Å²) in [5.41, 5.74) is 0.910. The highest BCUT2D eigenvalue weighted by Crippen LogP contribution is 2.21. The minimum absolute atomic E-state index is 0.303. The van der Waals surface area contributed by atoms with E-state index in [1.54, 1.807) is 16.8 Å². The highest BCUT2D eigenvalue weighted by atomic mass is 79.9. The SMILES string of the molecule is CCCNCc1cn(CCOc2ccc(F)c(Br)c2)nn1. The van der Waals surface area contributed by atoms with Crippen LogP contribution in [-0.4, -0.2) is 28.1 Å². The Bertz CT molecular complexity index is 576. The molecule has 0 aliphatic carbocycles. The van der Waals surface area contributed by atoms with Gasteiger partial charge in [0.15, 0.2) is 0 Å². The fourth-order valence-electron chi connectivity index (χ4n) is 1.75. The molecule has 0 unspecified atom stereocenters. The summed E-state index contributed by atoms with van der Waals surface area (Å²) >= 11 is 3.13. The molecule has 0 spiro atoms. The molecule has 7 heteroatoms. The summed E-state index contributed by atoms with van der Waals surface area (Å²) in [6.45, 7) is 4.85. The fourth-order valence-corrected chi connectivity index (χ4v) is 2.10. The molecule has 2 rings (SSSR count). The van der Waals surface area contributed by atoms with Gasteiger partial charge in [0.2, 0.25) is 0 Å². The van der Waals surface area contributed by atoms with Crippen molar-refractivity contribution in [2.75, 3.05) is 13.2 Å². The number of ether oxygens (including phenoxy) is 1. The maximum Gasteiger partial charge on any atom is 0.137 e. The lowest BCUT2D eigenvalue weighted by molar-refractivity contribution is 0.289. The minimum atomic E-state index is -0.303. The van der Waals surface area contributed by atoms with E-state index in [1.807, 2.05) is 6.20 Å². The maximum atomic E-state index is 13.1. The molecule has 114 valence electrons. The molecule has 0 saturated carbocycles. The quantitative estimate of drug-likeness (QED) is 0.739. The van der Waals surface area contributed by atoms with Crippen molar-refractivity contribution in [3.8, 4) is 5.75 Å². The van der Waals surface area contributed by atoms with Crippen LogP contribution in [0.4, 0.5) is 4.39 Å². The van der Waals surface area contributed by atoms with E-state index in [1.165, 1.54) is 6.07 Å². The summed E-state index contributed by atoms with van der Waals surface area (Å²) in [4.78, 5) is 0. The third kappa shape index (κ3) is 5.09. The van der Waals surface area contributed by atoms with Crippen LogP contribution in [0.1, 0.15) is 19.0 Å². The average Bonchev–Trinajstić information content (AvgIpc) is 2.91.